The molecule has 0 aromatic heterocycles. The van der Waals surface area contributed by atoms with Gasteiger partial charge in [-0.25, -0.2) is 0 Å². The molecule has 0 bridgehead atoms. The summed E-state index contributed by atoms with van der Waals surface area (Å²) in [5, 5.41) is 0. The molecule has 1 saturated heterocycles. The fourth-order valence-corrected chi connectivity index (χ4v) is 4.14. The van der Waals surface area contributed by atoms with Crippen LogP contribution in [0.4, 0.5) is 0 Å². The van der Waals surface area contributed by atoms with Gasteiger partial charge in [0.1, 0.15) is 18.5 Å². The molecule has 1 aromatic rings. The summed E-state index contributed by atoms with van der Waals surface area (Å²) < 4.78 is 61.6. The van der Waals surface area contributed by atoms with Gasteiger partial charge in [0.2, 0.25) is 12.4 Å². The largest absolute Gasteiger partial charge is 0.463 e. The van der Waals surface area contributed by atoms with Gasteiger partial charge in [0, 0.05) is 36.8 Å². The number of halogens is 1. The van der Waals surface area contributed by atoms with Crippen LogP contribution < -0.4 is 4.74 Å². The van der Waals surface area contributed by atoms with E-state index in [0.29, 0.717) is 9.13 Å². The van der Waals surface area contributed by atoms with Gasteiger partial charge in [-0.05, 0) is 34.7 Å². The molecule has 1 aromatic carbocycles. The van der Waals surface area contributed by atoms with Crippen molar-refractivity contribution in [2.24, 2.45) is 0 Å². The van der Waals surface area contributed by atoms with E-state index >= 15 is 0 Å². The van der Waals surface area contributed by atoms with Gasteiger partial charge in [-0.15, -0.1) is 0 Å². The summed E-state index contributed by atoms with van der Waals surface area (Å²) in [6, 6.07) is 4.80. The number of esters is 4. The van der Waals surface area contributed by atoms with E-state index in [0.717, 1.165) is 34.0 Å². The molecule has 0 radical (unpaired) electrons. The van der Waals surface area contributed by atoms with Crippen LogP contribution in [0.3, 0.4) is 0 Å². The van der Waals surface area contributed by atoms with Crippen LogP contribution >= 0.6 is 22.6 Å². The Balaban J connectivity index is 2.53. The number of benzene rings is 1. The maximum atomic E-state index is 12.0. The van der Waals surface area contributed by atoms with E-state index in [9.17, 15) is 27.6 Å². The summed E-state index contributed by atoms with van der Waals surface area (Å²) in [5.74, 6) is -2.90. The van der Waals surface area contributed by atoms with Gasteiger partial charge >= 0.3 is 23.9 Å². The Morgan fingerprint density at radius 1 is 0.892 bits per heavy atom. The Morgan fingerprint density at radius 2 is 1.46 bits per heavy atom. The quantitative estimate of drug-likeness (QED) is 0.153. The lowest BCUT2D eigenvalue weighted by atomic mass is 9.98. The molecule has 0 N–H and O–H groups in total. The zero-order valence-corrected chi connectivity index (χ0v) is 23.6. The summed E-state index contributed by atoms with van der Waals surface area (Å²) in [4.78, 5) is 47.2. The Morgan fingerprint density at radius 3 is 2.00 bits per heavy atom. The van der Waals surface area contributed by atoms with Crippen LogP contribution in [0.5, 0.6) is 5.75 Å². The number of carbonyl (C=O) groups is 4. The first kappa shape index (κ1) is 30.7. The minimum Gasteiger partial charge on any atom is -0.463 e. The van der Waals surface area contributed by atoms with Gasteiger partial charge < -0.3 is 28.4 Å². The Bertz CT molecular complexity index is 1120. The van der Waals surface area contributed by atoms with Gasteiger partial charge in [0.05, 0.1) is 12.9 Å². The van der Waals surface area contributed by atoms with E-state index in [1.165, 1.54) is 0 Å². The van der Waals surface area contributed by atoms with Gasteiger partial charge in [0.15, 0.2) is 12.2 Å². The summed E-state index contributed by atoms with van der Waals surface area (Å²) in [5.41, 5.74) is 0.304. The van der Waals surface area contributed by atoms with Crippen LogP contribution in [0.25, 0.3) is 0 Å². The number of hydrogen-bond acceptors (Lipinski definition) is 13. The molecule has 2 rings (SSSR count). The van der Waals surface area contributed by atoms with Crippen molar-refractivity contribution in [3.63, 3.8) is 0 Å². The second-order valence-corrected chi connectivity index (χ2v) is 10.8. The monoisotopic (exact) mass is 658 g/mol. The van der Waals surface area contributed by atoms with Crippen molar-refractivity contribution in [1.82, 2.24) is 0 Å². The minimum atomic E-state index is -3.79. The molecule has 1 aliphatic rings. The molecule has 1 fully saturated rings. The highest BCUT2D eigenvalue weighted by atomic mass is 127. The fourth-order valence-electron chi connectivity index (χ4n) is 3.34. The molecule has 13 nitrogen and oxygen atoms in total. The van der Waals surface area contributed by atoms with Crippen molar-refractivity contribution in [2.45, 2.75) is 65.0 Å². The van der Waals surface area contributed by atoms with E-state index in [1.807, 2.05) is 22.6 Å². The van der Waals surface area contributed by atoms with Crippen molar-refractivity contribution in [3.05, 3.63) is 27.3 Å². The molecule has 206 valence electrons. The van der Waals surface area contributed by atoms with Crippen LogP contribution in [-0.4, -0.2) is 75.9 Å². The van der Waals surface area contributed by atoms with Crippen LogP contribution in [0.1, 0.15) is 33.3 Å². The lowest BCUT2D eigenvalue weighted by Crippen LogP contribution is -2.63. The maximum Gasteiger partial charge on any atom is 0.303 e. The molecule has 1 aliphatic heterocycles. The highest BCUT2D eigenvalue weighted by Crippen LogP contribution is 2.33. The first-order chi connectivity index (χ1) is 17.2. The number of rotatable bonds is 10. The van der Waals surface area contributed by atoms with E-state index in [1.54, 1.807) is 18.2 Å². The minimum absolute atomic E-state index is 0.108. The lowest BCUT2D eigenvalue weighted by molar-refractivity contribution is -0.288. The first-order valence-corrected chi connectivity index (χ1v) is 13.7. The topological polar surface area (TPSA) is 167 Å². The molecular weight excluding hydrogens is 631 g/mol. The van der Waals surface area contributed by atoms with Gasteiger partial charge in [0.25, 0.3) is 10.1 Å². The lowest BCUT2D eigenvalue weighted by Gasteiger charge is -2.44. The third kappa shape index (κ3) is 10.1. The third-order valence-electron chi connectivity index (χ3n) is 4.65. The molecule has 0 saturated carbocycles. The summed E-state index contributed by atoms with van der Waals surface area (Å²) in [6.07, 6.45) is -5.99. The highest BCUT2D eigenvalue weighted by Gasteiger charge is 2.53. The fraction of sp³-hybridized carbons (Fsp3) is 0.545. The summed E-state index contributed by atoms with van der Waals surface area (Å²) in [7, 11) is -3.79. The van der Waals surface area contributed by atoms with E-state index in [2.05, 4.69) is 0 Å². The van der Waals surface area contributed by atoms with Crippen molar-refractivity contribution in [3.8, 4) is 5.75 Å². The van der Waals surface area contributed by atoms with Gasteiger partial charge in [-0.3, -0.25) is 23.4 Å². The first-order valence-electron chi connectivity index (χ1n) is 10.8. The highest BCUT2D eigenvalue weighted by molar-refractivity contribution is 14.1. The predicted molar refractivity (Wildman–Crippen MR) is 131 cm³/mol. The molecule has 0 unspecified atom stereocenters. The average molecular weight is 658 g/mol. The molecule has 0 amide bonds. The number of carbonyl (C=O) groups excluding carboxylic acids is 4. The second kappa shape index (κ2) is 13.3. The smallest absolute Gasteiger partial charge is 0.303 e. The maximum absolute atomic E-state index is 12.0. The zero-order chi connectivity index (χ0) is 27.9. The zero-order valence-electron chi connectivity index (χ0n) is 20.6. The van der Waals surface area contributed by atoms with Crippen molar-refractivity contribution < 1.29 is 60.2 Å². The van der Waals surface area contributed by atoms with Crippen LogP contribution in [0, 0.1) is 3.57 Å². The van der Waals surface area contributed by atoms with Crippen molar-refractivity contribution in [2.75, 3.05) is 12.9 Å². The van der Waals surface area contributed by atoms with Crippen molar-refractivity contribution in [1.29, 1.82) is 0 Å². The molecule has 0 aliphatic carbocycles. The van der Waals surface area contributed by atoms with E-state index < -0.39 is 71.3 Å². The predicted octanol–water partition coefficient (Wildman–Crippen LogP) is 1.23. The van der Waals surface area contributed by atoms with Crippen LogP contribution in [-0.2, 0) is 63.8 Å². The van der Waals surface area contributed by atoms with Crippen molar-refractivity contribution >= 4 is 56.6 Å². The molecule has 15 heteroatoms. The molecule has 5 atom stereocenters. The van der Waals surface area contributed by atoms with E-state index in [4.69, 9.17) is 32.6 Å². The Hall–Kier alpha value is -2.50. The van der Waals surface area contributed by atoms with Gasteiger partial charge in [-0.1, -0.05) is 6.07 Å². The second-order valence-electron chi connectivity index (χ2n) is 7.90. The molecule has 0 spiro atoms. The molecular formula is C22H27IO13S. The third-order valence-corrected chi connectivity index (χ3v) is 5.87. The van der Waals surface area contributed by atoms with Crippen LogP contribution in [0.15, 0.2) is 18.2 Å². The summed E-state index contributed by atoms with van der Waals surface area (Å²) in [6.45, 7) is 3.66. The Labute approximate surface area is 227 Å². The van der Waals surface area contributed by atoms with Gasteiger partial charge in [-0.2, -0.15) is 8.42 Å². The SMILES string of the molecule is CC(=O)OC[C@H]1O[C@@H](Oc2cc(I)ccc2COS(C)(=O)=O)[C@H](OC(C)=O)[C@@H](OC(C)=O)[C@H]1OC(C)=O. The number of ether oxygens (including phenoxy) is 6. The standard InChI is InChI=1S/C22H27IO13S/c1-11(24)30-10-18-19(32-12(2)25)20(33-13(3)26)21(34-14(4)27)22(36-18)35-17-8-16(23)7-6-15(17)9-31-37(5,28)29/h6-8,18-22H,9-10H2,1-5H3/t18-,19+,20+,21-,22-/m1/s1. The average Bonchev–Trinajstić information content (AvgIpc) is 2.74. The molecule has 1 heterocycles. The van der Waals surface area contributed by atoms with E-state index in [-0.39, 0.29) is 12.4 Å². The Kier molecular flexibility index (Phi) is 11.1. The van der Waals surface area contributed by atoms with Crippen LogP contribution in [0.2, 0.25) is 0 Å². The normalized spacial score (nSPS) is 23.5. The number of hydrogen-bond donors (Lipinski definition) is 0. The summed E-state index contributed by atoms with van der Waals surface area (Å²) >= 11 is 2.00. The molecule has 37 heavy (non-hydrogen) atoms.